The van der Waals surface area contributed by atoms with E-state index in [1.165, 1.54) is 89.9 Å². The third-order valence-electron chi connectivity index (χ3n) is 9.49. The summed E-state index contributed by atoms with van der Waals surface area (Å²) in [6, 6.07) is -0.979. The Kier molecular flexibility index (Phi) is 37.3. The molecule has 0 aromatic rings. The Bertz CT molecular complexity index is 1050. The van der Waals surface area contributed by atoms with Gasteiger partial charge in [-0.05, 0) is 57.8 Å². The second kappa shape index (κ2) is 38.8. The summed E-state index contributed by atoms with van der Waals surface area (Å²) in [4.78, 5) is 12.5. The molecular weight excluding hydrogens is 667 g/mol. The van der Waals surface area contributed by atoms with Crippen LogP contribution in [0, 0.1) is 0 Å². The average Bonchev–Trinajstić information content (AvgIpc) is 3.11. The van der Waals surface area contributed by atoms with Gasteiger partial charge in [0, 0.05) is 6.42 Å². The lowest BCUT2D eigenvalue weighted by Crippen LogP contribution is -2.47. The topological polar surface area (TPSA) is 104 Å². The van der Waals surface area contributed by atoms with Gasteiger partial charge in [0.1, 0.15) is 0 Å². The molecule has 0 aromatic carbocycles. The number of hydrogen-bond donors (Lipinski definition) is 3. The van der Waals surface area contributed by atoms with Gasteiger partial charge in [-0.25, -0.2) is 0 Å². The Morgan fingerprint density at radius 2 is 0.923 bits per heavy atom. The van der Waals surface area contributed by atoms with E-state index in [4.69, 9.17) is 0 Å². The van der Waals surface area contributed by atoms with Crippen molar-refractivity contribution in [2.45, 2.75) is 212 Å². The maximum absolute atomic E-state index is 12.5. The molecule has 0 bridgehead atoms. The number of carbonyl (C=O) groups excluding carboxylic acids is 1. The summed E-state index contributed by atoms with van der Waals surface area (Å²) in [5.74, 6) is -0.913. The van der Waals surface area contributed by atoms with Crippen molar-refractivity contribution in [1.29, 1.82) is 0 Å². The van der Waals surface area contributed by atoms with Crippen LogP contribution in [0.25, 0.3) is 0 Å². The van der Waals surface area contributed by atoms with E-state index in [0.717, 1.165) is 83.5 Å². The van der Waals surface area contributed by atoms with Gasteiger partial charge in [-0.2, -0.15) is 8.42 Å². The van der Waals surface area contributed by atoms with Gasteiger partial charge in [0.15, 0.2) is 0 Å². The highest BCUT2D eigenvalue weighted by molar-refractivity contribution is 7.85. The molecule has 1 amide bonds. The second-order valence-corrected chi connectivity index (χ2v) is 16.1. The number of hydrogen-bond acceptors (Lipinski definition) is 4. The van der Waals surface area contributed by atoms with Crippen LogP contribution in [-0.2, 0) is 14.9 Å². The lowest BCUT2D eigenvalue weighted by molar-refractivity contribution is -0.122. The van der Waals surface area contributed by atoms with Gasteiger partial charge in [0.25, 0.3) is 10.1 Å². The van der Waals surface area contributed by atoms with Crippen molar-refractivity contribution >= 4 is 16.0 Å². The summed E-state index contributed by atoms with van der Waals surface area (Å²) in [7, 11) is -4.32. The van der Waals surface area contributed by atoms with Crippen LogP contribution >= 0.6 is 0 Å². The molecule has 3 N–H and O–H groups in total. The van der Waals surface area contributed by atoms with Crippen LogP contribution in [0.5, 0.6) is 0 Å². The predicted octanol–water partition coefficient (Wildman–Crippen LogP) is 12.9. The predicted molar refractivity (Wildman–Crippen MR) is 225 cm³/mol. The quantitative estimate of drug-likeness (QED) is 0.0331. The fourth-order valence-corrected chi connectivity index (χ4v) is 7.06. The molecule has 0 fully saturated rings. The van der Waals surface area contributed by atoms with Crippen LogP contribution in [0.3, 0.4) is 0 Å². The first-order valence-electron chi connectivity index (χ1n) is 21.5. The van der Waals surface area contributed by atoms with Gasteiger partial charge in [0.05, 0.1) is 17.9 Å². The summed E-state index contributed by atoms with van der Waals surface area (Å²) < 4.78 is 32.6. The fourth-order valence-electron chi connectivity index (χ4n) is 6.30. The number of carbonyl (C=O) groups is 1. The van der Waals surface area contributed by atoms with Crippen molar-refractivity contribution in [2.75, 3.05) is 5.75 Å². The van der Waals surface area contributed by atoms with Gasteiger partial charge < -0.3 is 10.4 Å². The lowest BCUT2D eigenvalue weighted by atomic mass is 10.0. The molecule has 0 rings (SSSR count). The summed E-state index contributed by atoms with van der Waals surface area (Å²) in [6.07, 6.45) is 53.1. The van der Waals surface area contributed by atoms with E-state index in [9.17, 15) is 22.9 Å². The highest BCUT2D eigenvalue weighted by Crippen LogP contribution is 2.16. The molecule has 0 aliphatic heterocycles. The average molecular weight is 748 g/mol. The first kappa shape index (κ1) is 50.0. The van der Waals surface area contributed by atoms with E-state index < -0.39 is 28.0 Å². The van der Waals surface area contributed by atoms with Gasteiger partial charge in [-0.15, -0.1) is 0 Å². The molecule has 0 aliphatic carbocycles. The minimum Gasteiger partial charge on any atom is -0.391 e. The van der Waals surface area contributed by atoms with Crippen LogP contribution in [0.15, 0.2) is 60.8 Å². The Morgan fingerprint density at radius 3 is 1.37 bits per heavy atom. The molecule has 52 heavy (non-hydrogen) atoms. The third kappa shape index (κ3) is 39.3. The van der Waals surface area contributed by atoms with Crippen LogP contribution < -0.4 is 5.32 Å². The monoisotopic (exact) mass is 748 g/mol. The SMILES string of the molecule is CC/C=C\C/C=C\C/C=C\C/C=C\C/C=C\CCCCCCCCCC(=O)NC(CS(=O)(=O)O)C(O)CCCCCCCCCCCCCCCC. The molecule has 0 aliphatic rings. The molecule has 6 nitrogen and oxygen atoms in total. The van der Waals surface area contributed by atoms with Gasteiger partial charge in [-0.3, -0.25) is 9.35 Å². The normalized spacial score (nSPS) is 13.8. The summed E-state index contributed by atoms with van der Waals surface area (Å²) in [5.41, 5.74) is 0. The zero-order valence-corrected chi connectivity index (χ0v) is 34.5. The maximum Gasteiger partial charge on any atom is 0.266 e. The number of aliphatic hydroxyl groups excluding tert-OH is 1. The second-order valence-electron chi connectivity index (χ2n) is 14.6. The highest BCUT2D eigenvalue weighted by Gasteiger charge is 2.26. The Balaban J connectivity index is 3.88. The smallest absolute Gasteiger partial charge is 0.266 e. The van der Waals surface area contributed by atoms with E-state index in [1.54, 1.807) is 0 Å². The lowest BCUT2D eigenvalue weighted by Gasteiger charge is -2.23. The molecule has 0 saturated heterocycles. The van der Waals surface area contributed by atoms with Crippen LogP contribution in [0.4, 0.5) is 0 Å². The number of rotatable bonds is 38. The molecule has 0 heterocycles. The minimum absolute atomic E-state index is 0.259. The number of nitrogens with one attached hydrogen (secondary N) is 1. The first-order valence-corrected chi connectivity index (χ1v) is 23.1. The molecule has 302 valence electrons. The van der Waals surface area contributed by atoms with Crippen molar-refractivity contribution < 1.29 is 22.9 Å². The number of amides is 1. The third-order valence-corrected chi connectivity index (χ3v) is 10.3. The zero-order valence-electron chi connectivity index (χ0n) is 33.7. The van der Waals surface area contributed by atoms with Crippen molar-refractivity contribution in [1.82, 2.24) is 5.32 Å². The van der Waals surface area contributed by atoms with Crippen molar-refractivity contribution in [3.05, 3.63) is 60.8 Å². The highest BCUT2D eigenvalue weighted by atomic mass is 32.2. The molecule has 2 unspecified atom stereocenters. The molecule has 0 spiro atoms. The molecule has 0 radical (unpaired) electrons. The van der Waals surface area contributed by atoms with Crippen LogP contribution in [-0.4, -0.2) is 41.9 Å². The number of aliphatic hydroxyl groups is 1. The van der Waals surface area contributed by atoms with Gasteiger partial charge in [0.2, 0.25) is 5.91 Å². The van der Waals surface area contributed by atoms with E-state index in [1.807, 2.05) is 0 Å². The maximum atomic E-state index is 12.5. The molecule has 0 aromatic heterocycles. The van der Waals surface area contributed by atoms with Gasteiger partial charge >= 0.3 is 0 Å². The molecule has 2 atom stereocenters. The summed E-state index contributed by atoms with van der Waals surface area (Å²) >= 11 is 0. The molecule has 7 heteroatoms. The summed E-state index contributed by atoms with van der Waals surface area (Å²) in [5, 5.41) is 13.4. The van der Waals surface area contributed by atoms with E-state index in [-0.39, 0.29) is 5.91 Å². The molecular formula is C45H81NO5S. The zero-order chi connectivity index (χ0) is 38.2. The standard InChI is InChI=1S/C45H81NO5S/c1-3-5-7-9-11-13-15-17-19-20-21-22-23-24-25-26-27-29-31-33-35-37-39-41-45(48)46-43(42-52(49,50)51)44(47)40-38-36-34-32-30-28-18-16-14-12-10-8-6-4-2/h5,7,11,13,17,19,21-22,24-25,43-44,47H,3-4,6,8-10,12,14-16,18,20,23,26-42H2,1-2H3,(H,46,48)(H,49,50,51)/b7-5-,13-11-,19-17-,22-21-,25-24-. The number of unbranched alkanes of at least 4 members (excludes halogenated alkanes) is 20. The Hall–Kier alpha value is -1.96. The minimum atomic E-state index is -4.32. The fraction of sp³-hybridized carbons (Fsp3) is 0.756. The van der Waals surface area contributed by atoms with Crippen LogP contribution in [0.2, 0.25) is 0 Å². The van der Waals surface area contributed by atoms with E-state index in [2.05, 4.69) is 79.9 Å². The van der Waals surface area contributed by atoms with Crippen molar-refractivity contribution in [2.24, 2.45) is 0 Å². The Morgan fingerprint density at radius 1 is 0.538 bits per heavy atom. The number of allylic oxidation sites excluding steroid dienone is 10. The van der Waals surface area contributed by atoms with Gasteiger partial charge in [-0.1, -0.05) is 197 Å². The van der Waals surface area contributed by atoms with Crippen molar-refractivity contribution in [3.63, 3.8) is 0 Å². The van der Waals surface area contributed by atoms with Crippen molar-refractivity contribution in [3.8, 4) is 0 Å². The van der Waals surface area contributed by atoms with E-state index in [0.29, 0.717) is 12.8 Å². The molecule has 0 saturated carbocycles. The van der Waals surface area contributed by atoms with E-state index >= 15 is 0 Å². The largest absolute Gasteiger partial charge is 0.391 e. The van der Waals surface area contributed by atoms with Crippen LogP contribution in [0.1, 0.15) is 200 Å². The first-order chi connectivity index (χ1) is 25.3. The Labute approximate surface area is 321 Å². The summed E-state index contributed by atoms with van der Waals surface area (Å²) in [6.45, 7) is 4.41.